The molecule has 2 amide bonds. The van der Waals surface area contributed by atoms with Gasteiger partial charge in [0.1, 0.15) is 18.4 Å². The second-order valence-electron chi connectivity index (χ2n) is 9.69. The monoisotopic (exact) mass is 514 g/mol. The molecule has 36 heavy (non-hydrogen) atoms. The lowest BCUT2D eigenvalue weighted by molar-refractivity contribution is -0.154. The van der Waals surface area contributed by atoms with Crippen LogP contribution in [0.4, 0.5) is 5.69 Å². The first-order valence-corrected chi connectivity index (χ1v) is 13.0. The summed E-state index contributed by atoms with van der Waals surface area (Å²) in [5.74, 6) is -1.49. The Balaban J connectivity index is 1.76. The number of thioether (sulfide) groups is 1. The van der Waals surface area contributed by atoms with Gasteiger partial charge >= 0.3 is 5.97 Å². The Labute approximate surface area is 216 Å². The predicted molar refractivity (Wildman–Crippen MR) is 139 cm³/mol. The molecule has 0 saturated carbocycles. The Kier molecular flexibility index (Phi) is 7.52. The van der Waals surface area contributed by atoms with Gasteiger partial charge in [0.05, 0.1) is 23.7 Å². The van der Waals surface area contributed by atoms with E-state index >= 15 is 0 Å². The molecule has 194 valence electrons. The third-order valence-electron chi connectivity index (χ3n) is 7.63. The average Bonchev–Trinajstić information content (AvgIpc) is 3.45. The number of amides is 2. The largest absolute Gasteiger partial charge is 0.497 e. The van der Waals surface area contributed by atoms with Crippen molar-refractivity contribution in [3.63, 3.8) is 0 Å². The standard InChI is InChI=1S/C27H34N2O6S/c1-5-14-28(18-8-10-19(34-4)11-9-18)24(32)22-27-13-12-26(3,36-27)21(25(33)35-17-6-2)20(27)23(31)29(22)15-7-16-30/h5-6,8-11,20-22,30H,1-2,7,12-17H2,3-4H3/t20-,21-,22?,26+,27?/m0/s1. The lowest BCUT2D eigenvalue weighted by atomic mass is 9.66. The Bertz CT molecular complexity index is 1050. The number of carbonyl (C=O) groups is 3. The average molecular weight is 515 g/mol. The number of hydrogen-bond acceptors (Lipinski definition) is 7. The smallest absolute Gasteiger partial charge is 0.311 e. The van der Waals surface area contributed by atoms with Crippen molar-refractivity contribution in [3.05, 3.63) is 49.6 Å². The molecule has 3 fully saturated rings. The molecule has 9 heteroatoms. The van der Waals surface area contributed by atoms with E-state index in [1.807, 2.05) is 6.92 Å². The van der Waals surface area contributed by atoms with E-state index in [1.54, 1.807) is 59.0 Å². The van der Waals surface area contributed by atoms with Crippen LogP contribution in [0.2, 0.25) is 0 Å². The fourth-order valence-electron chi connectivity index (χ4n) is 6.14. The molecule has 8 nitrogen and oxygen atoms in total. The highest BCUT2D eigenvalue weighted by Crippen LogP contribution is 2.71. The SMILES string of the molecule is C=CCOC(=O)[C@@H]1[C@H]2C(=O)N(CCCO)C(C(=O)N(CC=C)c3ccc(OC)cc3)C23CC[C@@]1(C)S3. The lowest BCUT2D eigenvalue weighted by Crippen LogP contribution is -2.55. The number of ether oxygens (including phenoxy) is 2. The van der Waals surface area contributed by atoms with E-state index in [0.29, 0.717) is 30.7 Å². The Morgan fingerprint density at radius 2 is 1.97 bits per heavy atom. The van der Waals surface area contributed by atoms with Crippen LogP contribution in [0.5, 0.6) is 5.75 Å². The van der Waals surface area contributed by atoms with Crippen molar-refractivity contribution >= 4 is 35.2 Å². The predicted octanol–water partition coefficient (Wildman–Crippen LogP) is 2.81. The van der Waals surface area contributed by atoms with E-state index in [1.165, 1.54) is 6.08 Å². The minimum Gasteiger partial charge on any atom is -0.497 e. The van der Waals surface area contributed by atoms with Crippen molar-refractivity contribution in [2.24, 2.45) is 11.8 Å². The number of benzene rings is 1. The summed E-state index contributed by atoms with van der Waals surface area (Å²) in [6, 6.07) is 6.41. The number of anilines is 1. The first-order valence-electron chi connectivity index (χ1n) is 12.2. The highest BCUT2D eigenvalue weighted by molar-refractivity contribution is 8.02. The molecule has 5 atom stereocenters. The minimum atomic E-state index is -0.771. The van der Waals surface area contributed by atoms with Gasteiger partial charge in [0.2, 0.25) is 5.91 Å². The van der Waals surface area contributed by atoms with Crippen molar-refractivity contribution in [3.8, 4) is 5.75 Å². The molecule has 3 aliphatic heterocycles. The van der Waals surface area contributed by atoms with Crippen molar-refractivity contribution in [2.75, 3.05) is 38.3 Å². The highest BCUT2D eigenvalue weighted by atomic mass is 32.2. The van der Waals surface area contributed by atoms with Crippen molar-refractivity contribution in [1.29, 1.82) is 0 Å². The van der Waals surface area contributed by atoms with Crippen LogP contribution in [-0.2, 0) is 19.1 Å². The van der Waals surface area contributed by atoms with Crippen LogP contribution >= 0.6 is 11.8 Å². The van der Waals surface area contributed by atoms with Crippen LogP contribution in [0.1, 0.15) is 26.2 Å². The van der Waals surface area contributed by atoms with Gasteiger partial charge in [-0.15, -0.1) is 18.3 Å². The second kappa shape index (κ2) is 10.3. The van der Waals surface area contributed by atoms with Crippen LogP contribution in [-0.4, -0.2) is 76.7 Å². The molecule has 2 bridgehead atoms. The minimum absolute atomic E-state index is 0.0746. The number of rotatable bonds is 11. The number of nitrogens with zero attached hydrogens (tertiary/aromatic N) is 2. The number of carbonyl (C=O) groups excluding carboxylic acids is 3. The van der Waals surface area contributed by atoms with Gasteiger partial charge in [-0.25, -0.2) is 0 Å². The van der Waals surface area contributed by atoms with E-state index < -0.39 is 33.3 Å². The molecule has 3 saturated heterocycles. The molecular formula is C27H34N2O6S. The lowest BCUT2D eigenvalue weighted by Gasteiger charge is -2.37. The zero-order valence-electron chi connectivity index (χ0n) is 20.9. The second-order valence-corrected chi connectivity index (χ2v) is 11.6. The summed E-state index contributed by atoms with van der Waals surface area (Å²) in [7, 11) is 1.58. The molecule has 1 aromatic rings. The summed E-state index contributed by atoms with van der Waals surface area (Å²) >= 11 is 1.59. The van der Waals surface area contributed by atoms with Crippen LogP contribution in [0.25, 0.3) is 0 Å². The van der Waals surface area contributed by atoms with Crippen LogP contribution in [0.3, 0.4) is 0 Å². The number of fused-ring (bicyclic) bond motifs is 1. The normalized spacial score (nSPS) is 30.1. The first kappa shape index (κ1) is 26.3. The van der Waals surface area contributed by atoms with Gasteiger partial charge in [0.25, 0.3) is 5.91 Å². The van der Waals surface area contributed by atoms with Crippen LogP contribution in [0, 0.1) is 11.8 Å². The number of esters is 1. The Hall–Kier alpha value is -2.78. The maximum Gasteiger partial charge on any atom is 0.311 e. The van der Waals surface area contributed by atoms with Crippen molar-refractivity contribution < 1.29 is 29.0 Å². The maximum atomic E-state index is 14.3. The summed E-state index contributed by atoms with van der Waals surface area (Å²) in [5, 5.41) is 9.52. The van der Waals surface area contributed by atoms with E-state index in [9.17, 15) is 19.5 Å². The van der Waals surface area contributed by atoms with E-state index in [4.69, 9.17) is 9.47 Å². The molecule has 0 aromatic heterocycles. The Morgan fingerprint density at radius 3 is 2.58 bits per heavy atom. The first-order chi connectivity index (χ1) is 17.3. The summed E-state index contributed by atoms with van der Waals surface area (Å²) < 4.78 is 9.45. The summed E-state index contributed by atoms with van der Waals surface area (Å²) in [4.78, 5) is 44.7. The van der Waals surface area contributed by atoms with Crippen molar-refractivity contribution in [1.82, 2.24) is 4.90 Å². The molecule has 4 rings (SSSR count). The summed E-state index contributed by atoms with van der Waals surface area (Å²) in [5.41, 5.74) is 0.667. The number of aliphatic hydroxyl groups is 1. The fraction of sp³-hybridized carbons (Fsp3) is 0.519. The van der Waals surface area contributed by atoms with Gasteiger partial charge in [-0.05, 0) is 50.5 Å². The number of aliphatic hydroxyl groups excluding tert-OH is 1. The zero-order valence-corrected chi connectivity index (χ0v) is 21.7. The van der Waals surface area contributed by atoms with Gasteiger partial charge < -0.3 is 24.4 Å². The zero-order chi connectivity index (χ0) is 26.1. The van der Waals surface area contributed by atoms with Gasteiger partial charge in [-0.1, -0.05) is 18.7 Å². The molecule has 1 aromatic carbocycles. The number of hydrogen-bond donors (Lipinski definition) is 1. The summed E-state index contributed by atoms with van der Waals surface area (Å²) in [6.07, 6.45) is 4.86. The Morgan fingerprint density at radius 1 is 1.25 bits per heavy atom. The molecule has 0 aliphatic carbocycles. The molecule has 1 spiro atoms. The van der Waals surface area contributed by atoms with Gasteiger partial charge in [0.15, 0.2) is 0 Å². The molecule has 3 aliphatic rings. The topological polar surface area (TPSA) is 96.4 Å². The van der Waals surface area contributed by atoms with E-state index in [2.05, 4.69) is 13.2 Å². The molecule has 3 heterocycles. The van der Waals surface area contributed by atoms with Gasteiger partial charge in [-0.3, -0.25) is 14.4 Å². The van der Waals surface area contributed by atoms with Crippen LogP contribution < -0.4 is 9.64 Å². The van der Waals surface area contributed by atoms with Gasteiger partial charge in [-0.2, -0.15) is 0 Å². The van der Waals surface area contributed by atoms with Gasteiger partial charge in [0, 0.05) is 30.1 Å². The molecule has 1 N–H and O–H groups in total. The molecule has 0 radical (unpaired) electrons. The van der Waals surface area contributed by atoms with E-state index in [-0.39, 0.29) is 38.1 Å². The highest BCUT2D eigenvalue weighted by Gasteiger charge is 2.77. The van der Waals surface area contributed by atoms with Crippen molar-refractivity contribution in [2.45, 2.75) is 41.7 Å². The molecular weight excluding hydrogens is 480 g/mol. The third kappa shape index (κ3) is 4.12. The quantitative estimate of drug-likeness (QED) is 0.358. The number of likely N-dealkylation sites (tertiary alicyclic amines) is 1. The van der Waals surface area contributed by atoms with Crippen LogP contribution in [0.15, 0.2) is 49.6 Å². The van der Waals surface area contributed by atoms with E-state index in [0.717, 1.165) is 0 Å². The summed E-state index contributed by atoms with van der Waals surface area (Å²) in [6.45, 7) is 9.92. The number of methoxy groups -OCH3 is 1. The third-order valence-corrected chi connectivity index (χ3v) is 9.61. The molecule has 2 unspecified atom stereocenters. The maximum absolute atomic E-state index is 14.3. The fourth-order valence-corrected chi connectivity index (χ4v) is 8.48.